The molecule has 4 aromatic rings. The Bertz CT molecular complexity index is 1160. The Kier molecular flexibility index (Phi) is 4.89. The first-order chi connectivity index (χ1) is 15.2. The van der Waals surface area contributed by atoms with Crippen LogP contribution in [0.15, 0.2) is 53.6 Å². The van der Waals surface area contributed by atoms with Crippen LogP contribution in [0.3, 0.4) is 0 Å². The molecule has 0 saturated heterocycles. The summed E-state index contributed by atoms with van der Waals surface area (Å²) < 4.78 is 5.57. The van der Waals surface area contributed by atoms with Gasteiger partial charge in [0.1, 0.15) is 5.69 Å². The number of aromatic nitrogens is 6. The molecule has 0 bridgehead atoms. The minimum atomic E-state index is -0.229. The lowest BCUT2D eigenvalue weighted by molar-refractivity contribution is 0.273. The van der Waals surface area contributed by atoms with Crippen molar-refractivity contribution in [3.63, 3.8) is 0 Å². The Labute approximate surface area is 180 Å². The quantitative estimate of drug-likeness (QED) is 0.504. The van der Waals surface area contributed by atoms with Gasteiger partial charge in [0.15, 0.2) is 5.82 Å². The van der Waals surface area contributed by atoms with Crippen LogP contribution in [0, 0.1) is 0 Å². The molecule has 1 fully saturated rings. The van der Waals surface area contributed by atoms with Crippen molar-refractivity contribution < 1.29 is 4.52 Å². The van der Waals surface area contributed by atoms with Crippen LogP contribution in [0.1, 0.15) is 49.7 Å². The van der Waals surface area contributed by atoms with Crippen molar-refractivity contribution in [2.24, 2.45) is 0 Å². The van der Waals surface area contributed by atoms with Gasteiger partial charge in [-0.25, -0.2) is 15.0 Å². The predicted octanol–water partition coefficient (Wildman–Crippen LogP) is 3.99. The van der Waals surface area contributed by atoms with Crippen LogP contribution < -0.4 is 5.73 Å². The van der Waals surface area contributed by atoms with Crippen LogP contribution in [0.5, 0.6) is 0 Å². The summed E-state index contributed by atoms with van der Waals surface area (Å²) in [6.07, 6.45) is 12.0. The highest BCUT2D eigenvalue weighted by Crippen LogP contribution is 2.48. The SMILES string of the molecule is CCCc1cnc(-c2nc(C3(c4ccc(-c5cnc(N)nc5)cc4)CCC3)no2)cn1. The van der Waals surface area contributed by atoms with E-state index in [9.17, 15) is 0 Å². The van der Waals surface area contributed by atoms with Gasteiger partial charge in [-0.3, -0.25) is 4.98 Å². The average Bonchev–Trinajstić information content (AvgIpc) is 3.25. The number of nitrogen functional groups attached to an aromatic ring is 1. The number of aryl methyl sites for hydroxylation is 1. The Hall–Kier alpha value is -3.68. The van der Waals surface area contributed by atoms with E-state index >= 15 is 0 Å². The molecule has 0 atom stereocenters. The molecule has 5 rings (SSSR count). The molecule has 1 aromatic carbocycles. The molecule has 2 N–H and O–H groups in total. The lowest BCUT2D eigenvalue weighted by Crippen LogP contribution is -2.36. The maximum atomic E-state index is 5.59. The standard InChI is InChI=1S/C23H23N7O/c1-2-4-18-13-26-19(14-25-18)20-29-21(30-31-20)23(9-3-10-23)17-7-5-15(6-8-17)16-11-27-22(24)28-12-16/h5-8,11-14H,2-4,9-10H2,1H3,(H2,24,27,28). The van der Waals surface area contributed by atoms with Gasteiger partial charge in [0.25, 0.3) is 5.89 Å². The van der Waals surface area contributed by atoms with Crippen molar-refractivity contribution in [2.75, 3.05) is 5.73 Å². The Morgan fingerprint density at radius 3 is 2.32 bits per heavy atom. The molecule has 8 heteroatoms. The molecule has 3 heterocycles. The lowest BCUT2D eigenvalue weighted by Gasteiger charge is -2.39. The fourth-order valence-corrected chi connectivity index (χ4v) is 4.01. The van der Waals surface area contributed by atoms with Crippen LogP contribution >= 0.6 is 0 Å². The normalized spacial score (nSPS) is 14.9. The summed E-state index contributed by atoms with van der Waals surface area (Å²) in [5.41, 5.74) is 10.1. The molecule has 1 aliphatic rings. The monoisotopic (exact) mass is 413 g/mol. The maximum Gasteiger partial charge on any atom is 0.278 e. The van der Waals surface area contributed by atoms with Crippen molar-refractivity contribution >= 4 is 5.95 Å². The zero-order valence-corrected chi connectivity index (χ0v) is 17.3. The van der Waals surface area contributed by atoms with Crippen LogP contribution in [0.4, 0.5) is 5.95 Å². The summed E-state index contributed by atoms with van der Waals surface area (Å²) in [5, 5.41) is 4.32. The van der Waals surface area contributed by atoms with Crippen molar-refractivity contribution in [1.29, 1.82) is 0 Å². The molecule has 0 aliphatic heterocycles. The molecule has 0 radical (unpaired) electrons. The van der Waals surface area contributed by atoms with E-state index in [-0.39, 0.29) is 11.4 Å². The number of nitrogens with zero attached hydrogens (tertiary/aromatic N) is 6. The van der Waals surface area contributed by atoms with E-state index in [2.05, 4.69) is 56.3 Å². The van der Waals surface area contributed by atoms with Gasteiger partial charge in [-0.05, 0) is 30.4 Å². The smallest absolute Gasteiger partial charge is 0.278 e. The van der Waals surface area contributed by atoms with E-state index < -0.39 is 0 Å². The zero-order valence-electron chi connectivity index (χ0n) is 17.3. The topological polar surface area (TPSA) is 116 Å². The molecule has 0 spiro atoms. The van der Waals surface area contributed by atoms with E-state index in [1.807, 2.05) is 0 Å². The molecule has 8 nitrogen and oxygen atoms in total. The van der Waals surface area contributed by atoms with E-state index in [4.69, 9.17) is 15.2 Å². The summed E-state index contributed by atoms with van der Waals surface area (Å²) in [7, 11) is 0. The highest BCUT2D eigenvalue weighted by atomic mass is 16.5. The second-order valence-electron chi connectivity index (χ2n) is 7.91. The fraction of sp³-hybridized carbons (Fsp3) is 0.304. The van der Waals surface area contributed by atoms with Crippen LogP contribution in [-0.2, 0) is 11.8 Å². The number of nitrogens with two attached hydrogens (primary N) is 1. The van der Waals surface area contributed by atoms with Crippen molar-refractivity contribution in [3.8, 4) is 22.7 Å². The molecular formula is C23H23N7O. The predicted molar refractivity (Wildman–Crippen MR) is 116 cm³/mol. The molecule has 156 valence electrons. The minimum absolute atomic E-state index is 0.229. The summed E-state index contributed by atoms with van der Waals surface area (Å²) >= 11 is 0. The largest absolute Gasteiger partial charge is 0.368 e. The summed E-state index contributed by atoms with van der Waals surface area (Å²) in [4.78, 5) is 21.7. The number of rotatable bonds is 6. The maximum absolute atomic E-state index is 5.59. The third-order valence-corrected chi connectivity index (χ3v) is 5.93. The van der Waals surface area contributed by atoms with E-state index in [1.54, 1.807) is 24.8 Å². The first-order valence-corrected chi connectivity index (χ1v) is 10.5. The average molecular weight is 413 g/mol. The van der Waals surface area contributed by atoms with E-state index in [0.717, 1.165) is 48.9 Å². The third-order valence-electron chi connectivity index (χ3n) is 5.93. The summed E-state index contributed by atoms with van der Waals surface area (Å²) in [6.45, 7) is 2.12. The number of hydrogen-bond donors (Lipinski definition) is 1. The Morgan fingerprint density at radius 1 is 0.935 bits per heavy atom. The lowest BCUT2D eigenvalue weighted by atomic mass is 9.64. The van der Waals surface area contributed by atoms with E-state index in [1.165, 1.54) is 5.56 Å². The minimum Gasteiger partial charge on any atom is -0.368 e. The number of anilines is 1. The van der Waals surface area contributed by atoms with Gasteiger partial charge >= 0.3 is 0 Å². The van der Waals surface area contributed by atoms with Gasteiger partial charge in [-0.1, -0.05) is 49.2 Å². The second-order valence-corrected chi connectivity index (χ2v) is 7.91. The molecule has 3 aromatic heterocycles. The molecular weight excluding hydrogens is 390 g/mol. The van der Waals surface area contributed by atoms with Gasteiger partial charge < -0.3 is 10.3 Å². The number of hydrogen-bond acceptors (Lipinski definition) is 8. The zero-order chi connectivity index (χ0) is 21.3. The Balaban J connectivity index is 1.42. The molecule has 0 amide bonds. The van der Waals surface area contributed by atoms with Crippen molar-refractivity contribution in [3.05, 3.63) is 66.1 Å². The number of benzene rings is 1. The summed E-state index contributed by atoms with van der Waals surface area (Å²) in [6, 6.07) is 8.40. The highest BCUT2D eigenvalue weighted by molar-refractivity contribution is 5.63. The molecule has 0 unspecified atom stereocenters. The first-order valence-electron chi connectivity index (χ1n) is 10.5. The highest BCUT2D eigenvalue weighted by Gasteiger charge is 2.44. The van der Waals surface area contributed by atoms with Gasteiger partial charge in [0, 0.05) is 24.2 Å². The first kappa shape index (κ1) is 19.3. The van der Waals surface area contributed by atoms with Gasteiger partial charge in [-0.2, -0.15) is 4.98 Å². The fourth-order valence-electron chi connectivity index (χ4n) is 4.01. The van der Waals surface area contributed by atoms with Crippen LogP contribution in [-0.4, -0.2) is 30.1 Å². The third kappa shape index (κ3) is 3.54. The Morgan fingerprint density at radius 2 is 1.71 bits per heavy atom. The van der Waals surface area contributed by atoms with Crippen molar-refractivity contribution in [2.45, 2.75) is 44.4 Å². The molecule has 1 saturated carbocycles. The van der Waals surface area contributed by atoms with Gasteiger partial charge in [0.2, 0.25) is 5.95 Å². The van der Waals surface area contributed by atoms with Gasteiger partial charge in [0.05, 0.1) is 17.3 Å². The summed E-state index contributed by atoms with van der Waals surface area (Å²) in [5.74, 6) is 1.38. The molecule has 31 heavy (non-hydrogen) atoms. The van der Waals surface area contributed by atoms with Gasteiger partial charge in [-0.15, -0.1) is 0 Å². The molecule has 1 aliphatic carbocycles. The van der Waals surface area contributed by atoms with Crippen LogP contribution in [0.25, 0.3) is 22.7 Å². The van der Waals surface area contributed by atoms with E-state index in [0.29, 0.717) is 17.4 Å². The van der Waals surface area contributed by atoms with Crippen molar-refractivity contribution in [1.82, 2.24) is 30.1 Å². The second kappa shape index (κ2) is 7.86. The van der Waals surface area contributed by atoms with Crippen LogP contribution in [0.2, 0.25) is 0 Å².